The van der Waals surface area contributed by atoms with Crippen molar-refractivity contribution in [2.75, 3.05) is 5.32 Å². The number of benzene rings is 1. The molecule has 0 aliphatic heterocycles. The zero-order chi connectivity index (χ0) is 14.9. The Kier molecular flexibility index (Phi) is 3.38. The molecule has 0 saturated heterocycles. The fraction of sp³-hybridized carbons (Fsp3) is 0.200. The quantitative estimate of drug-likeness (QED) is 0.853. The third kappa shape index (κ3) is 2.73. The van der Waals surface area contributed by atoms with E-state index in [4.69, 9.17) is 0 Å². The van der Waals surface area contributed by atoms with Crippen LogP contribution in [0.25, 0.3) is 0 Å². The molecule has 10 heteroatoms. The number of carbonyl (C=O) groups excluding carboxylic acids is 1. The van der Waals surface area contributed by atoms with Gasteiger partial charge in [-0.3, -0.25) is 10.1 Å². The van der Waals surface area contributed by atoms with Crippen molar-refractivity contribution in [3.05, 3.63) is 35.1 Å². The predicted octanol–water partition coefficient (Wildman–Crippen LogP) is 1.62. The van der Waals surface area contributed by atoms with E-state index in [1.54, 1.807) is 0 Å². The third-order valence-electron chi connectivity index (χ3n) is 2.28. The number of anilines is 1. The maximum atomic E-state index is 13.7. The second-order valence-corrected chi connectivity index (χ2v) is 3.72. The van der Waals surface area contributed by atoms with Gasteiger partial charge in [0.1, 0.15) is 5.82 Å². The number of rotatable bonds is 2. The minimum Gasteiger partial charge on any atom is -0.288 e. The van der Waals surface area contributed by atoms with Gasteiger partial charge in [-0.2, -0.15) is 18.0 Å². The van der Waals surface area contributed by atoms with Gasteiger partial charge in [0, 0.05) is 0 Å². The van der Waals surface area contributed by atoms with Crippen LogP contribution in [0.3, 0.4) is 0 Å². The van der Waals surface area contributed by atoms with Crippen LogP contribution in [0.5, 0.6) is 0 Å². The Morgan fingerprint density at radius 2 is 2.05 bits per heavy atom. The van der Waals surface area contributed by atoms with Crippen LogP contribution in [0.4, 0.5) is 23.5 Å². The maximum Gasteiger partial charge on any atom is 0.419 e. The van der Waals surface area contributed by atoms with Crippen LogP contribution >= 0.6 is 0 Å². The Morgan fingerprint density at radius 1 is 1.35 bits per heavy atom. The lowest BCUT2D eigenvalue weighted by Gasteiger charge is -2.10. The van der Waals surface area contributed by atoms with Crippen molar-refractivity contribution in [1.29, 1.82) is 0 Å². The standard InChI is InChI=1S/C10H7F4N5O/c1-19-17-9(16-18-19)15-8(20)5-3-2-4-6(7(5)11)10(12,13)14/h2-4H,1H3,(H,15,17,20). The summed E-state index contributed by atoms with van der Waals surface area (Å²) in [6.07, 6.45) is -4.88. The number of alkyl halides is 3. The first-order valence-corrected chi connectivity index (χ1v) is 5.20. The predicted molar refractivity (Wildman–Crippen MR) is 58.2 cm³/mol. The average molecular weight is 289 g/mol. The number of tetrazole rings is 1. The Hall–Kier alpha value is -2.52. The smallest absolute Gasteiger partial charge is 0.288 e. The van der Waals surface area contributed by atoms with E-state index in [9.17, 15) is 22.4 Å². The van der Waals surface area contributed by atoms with Crippen LogP contribution in [0.2, 0.25) is 0 Å². The molecule has 1 heterocycles. The molecule has 0 saturated carbocycles. The molecule has 1 aromatic carbocycles. The highest BCUT2D eigenvalue weighted by molar-refractivity contribution is 6.03. The Labute approximate surface area is 109 Å². The maximum absolute atomic E-state index is 13.7. The fourth-order valence-corrected chi connectivity index (χ4v) is 1.43. The number of aryl methyl sites for hydroxylation is 1. The van der Waals surface area contributed by atoms with E-state index >= 15 is 0 Å². The summed E-state index contributed by atoms with van der Waals surface area (Å²) in [4.78, 5) is 12.7. The van der Waals surface area contributed by atoms with Crippen LogP contribution in [0.15, 0.2) is 18.2 Å². The first-order valence-electron chi connectivity index (χ1n) is 5.20. The van der Waals surface area contributed by atoms with E-state index in [0.717, 1.165) is 16.9 Å². The monoisotopic (exact) mass is 289 g/mol. The van der Waals surface area contributed by atoms with Gasteiger partial charge in [0.2, 0.25) is 0 Å². The molecule has 0 aliphatic carbocycles. The summed E-state index contributed by atoms with van der Waals surface area (Å²) >= 11 is 0. The molecule has 106 valence electrons. The number of carbonyl (C=O) groups is 1. The number of aromatic nitrogens is 4. The molecule has 1 N–H and O–H groups in total. The highest BCUT2D eigenvalue weighted by Gasteiger charge is 2.35. The second-order valence-electron chi connectivity index (χ2n) is 3.72. The summed E-state index contributed by atoms with van der Waals surface area (Å²) < 4.78 is 51.2. The Morgan fingerprint density at radius 3 is 2.60 bits per heavy atom. The van der Waals surface area contributed by atoms with Gasteiger partial charge in [0.25, 0.3) is 11.9 Å². The minimum atomic E-state index is -4.88. The lowest BCUT2D eigenvalue weighted by molar-refractivity contribution is -0.140. The van der Waals surface area contributed by atoms with Crippen molar-refractivity contribution in [3.8, 4) is 0 Å². The van der Waals surface area contributed by atoms with Gasteiger partial charge in [-0.1, -0.05) is 11.2 Å². The molecular weight excluding hydrogens is 282 g/mol. The van der Waals surface area contributed by atoms with Gasteiger partial charge in [0.05, 0.1) is 18.2 Å². The topological polar surface area (TPSA) is 72.7 Å². The van der Waals surface area contributed by atoms with Crippen molar-refractivity contribution in [3.63, 3.8) is 0 Å². The Bertz CT molecular complexity index is 651. The molecule has 0 bridgehead atoms. The second kappa shape index (κ2) is 4.87. The summed E-state index contributed by atoms with van der Waals surface area (Å²) in [5.74, 6) is -2.99. The molecule has 0 spiro atoms. The van der Waals surface area contributed by atoms with Crippen molar-refractivity contribution in [2.45, 2.75) is 6.18 Å². The van der Waals surface area contributed by atoms with Crippen LogP contribution < -0.4 is 5.32 Å². The van der Waals surface area contributed by atoms with E-state index < -0.39 is 29.0 Å². The lowest BCUT2D eigenvalue weighted by atomic mass is 10.1. The van der Waals surface area contributed by atoms with E-state index in [2.05, 4.69) is 15.4 Å². The lowest BCUT2D eigenvalue weighted by Crippen LogP contribution is -2.18. The largest absolute Gasteiger partial charge is 0.419 e. The summed E-state index contributed by atoms with van der Waals surface area (Å²) in [6, 6.07) is 2.41. The summed E-state index contributed by atoms with van der Waals surface area (Å²) in [6.45, 7) is 0. The number of hydrogen-bond acceptors (Lipinski definition) is 4. The normalized spacial score (nSPS) is 11.4. The van der Waals surface area contributed by atoms with E-state index in [1.165, 1.54) is 7.05 Å². The van der Waals surface area contributed by atoms with Gasteiger partial charge in [0.15, 0.2) is 0 Å². The molecule has 0 aliphatic rings. The summed E-state index contributed by atoms with van der Waals surface area (Å²) in [7, 11) is 1.42. The van der Waals surface area contributed by atoms with E-state index in [-0.39, 0.29) is 5.95 Å². The number of amides is 1. The van der Waals surface area contributed by atoms with E-state index in [0.29, 0.717) is 6.07 Å². The molecule has 0 atom stereocenters. The average Bonchev–Trinajstić information content (AvgIpc) is 2.73. The molecule has 0 fully saturated rings. The van der Waals surface area contributed by atoms with Crippen LogP contribution in [-0.4, -0.2) is 26.1 Å². The highest BCUT2D eigenvalue weighted by Crippen LogP contribution is 2.32. The molecule has 1 amide bonds. The summed E-state index contributed by atoms with van der Waals surface area (Å²) in [5.41, 5.74) is -2.27. The number of hydrogen-bond donors (Lipinski definition) is 1. The van der Waals surface area contributed by atoms with Gasteiger partial charge in [-0.25, -0.2) is 4.39 Å². The fourth-order valence-electron chi connectivity index (χ4n) is 1.43. The third-order valence-corrected chi connectivity index (χ3v) is 2.28. The van der Waals surface area contributed by atoms with Gasteiger partial charge in [-0.05, 0) is 17.3 Å². The first-order chi connectivity index (χ1) is 9.29. The molecular formula is C10H7F4N5O. The number of nitrogens with zero attached hydrogens (tertiary/aromatic N) is 4. The first kappa shape index (κ1) is 13.9. The minimum absolute atomic E-state index is 0.241. The van der Waals surface area contributed by atoms with Gasteiger partial charge in [-0.15, -0.1) is 5.10 Å². The zero-order valence-electron chi connectivity index (χ0n) is 9.94. The van der Waals surface area contributed by atoms with Crippen LogP contribution in [-0.2, 0) is 13.2 Å². The van der Waals surface area contributed by atoms with Gasteiger partial charge >= 0.3 is 6.18 Å². The molecule has 2 aromatic rings. The molecule has 6 nitrogen and oxygen atoms in total. The summed E-state index contributed by atoms with van der Waals surface area (Å²) in [5, 5.41) is 12.5. The molecule has 20 heavy (non-hydrogen) atoms. The van der Waals surface area contributed by atoms with Crippen molar-refractivity contribution >= 4 is 11.9 Å². The van der Waals surface area contributed by atoms with Crippen molar-refractivity contribution < 1.29 is 22.4 Å². The number of halogens is 4. The SMILES string of the molecule is Cn1nnc(NC(=O)c2cccc(C(F)(F)F)c2F)n1. The molecule has 2 rings (SSSR count). The zero-order valence-corrected chi connectivity index (χ0v) is 9.94. The van der Waals surface area contributed by atoms with E-state index in [1.807, 2.05) is 5.32 Å². The van der Waals surface area contributed by atoms with Crippen molar-refractivity contribution in [2.24, 2.45) is 7.05 Å². The van der Waals surface area contributed by atoms with Crippen LogP contribution in [0, 0.1) is 5.82 Å². The Balaban J connectivity index is 2.31. The van der Waals surface area contributed by atoms with Gasteiger partial charge < -0.3 is 0 Å². The molecule has 1 aromatic heterocycles. The molecule has 0 unspecified atom stereocenters. The van der Waals surface area contributed by atoms with Crippen molar-refractivity contribution in [1.82, 2.24) is 20.2 Å². The van der Waals surface area contributed by atoms with Crippen LogP contribution in [0.1, 0.15) is 15.9 Å². The highest BCUT2D eigenvalue weighted by atomic mass is 19.4. The number of nitrogens with one attached hydrogen (secondary N) is 1. The molecule has 0 radical (unpaired) electrons.